The summed E-state index contributed by atoms with van der Waals surface area (Å²) in [7, 11) is -3.75. The summed E-state index contributed by atoms with van der Waals surface area (Å²) in [5.41, 5.74) is 5.40. The van der Waals surface area contributed by atoms with Crippen LogP contribution in [0.15, 0.2) is 71.6 Å². The van der Waals surface area contributed by atoms with Gasteiger partial charge in [-0.3, -0.25) is 4.79 Å². The van der Waals surface area contributed by atoms with E-state index in [4.69, 9.17) is 0 Å². The van der Waals surface area contributed by atoms with Gasteiger partial charge in [-0.05, 0) is 87.2 Å². The number of nitrogens with zero attached hydrogens (tertiary/aromatic N) is 2. The first kappa shape index (κ1) is 27.2. The Balaban J connectivity index is 1.34. The van der Waals surface area contributed by atoms with Gasteiger partial charge in [0.05, 0.1) is 10.9 Å². The molecule has 39 heavy (non-hydrogen) atoms. The number of piperazine rings is 1. The Kier molecular flexibility index (Phi) is 7.44. The summed E-state index contributed by atoms with van der Waals surface area (Å²) >= 11 is 0. The van der Waals surface area contributed by atoms with Gasteiger partial charge in [-0.15, -0.1) is 0 Å². The van der Waals surface area contributed by atoms with E-state index in [1.807, 2.05) is 42.2 Å². The summed E-state index contributed by atoms with van der Waals surface area (Å²) in [6.07, 6.45) is 1.40. The SMILES string of the molecule is CCc1ccc(S(=O)(=O)N[C@H]2CC(C)(C)Nc3ccc(C(=O)N4CCN(c5ccc(C)cc5)CC4)cc32)cc1. The number of fused-ring (bicyclic) bond motifs is 1. The highest BCUT2D eigenvalue weighted by Crippen LogP contribution is 2.39. The van der Waals surface area contributed by atoms with E-state index in [0.29, 0.717) is 25.1 Å². The maximum absolute atomic E-state index is 13.5. The molecule has 3 aromatic carbocycles. The molecule has 7 nitrogen and oxygen atoms in total. The topological polar surface area (TPSA) is 81.8 Å². The molecule has 2 aliphatic rings. The number of anilines is 2. The lowest BCUT2D eigenvalue weighted by Gasteiger charge is -2.39. The van der Waals surface area contributed by atoms with Crippen LogP contribution < -0.4 is 14.9 Å². The predicted octanol–water partition coefficient (Wildman–Crippen LogP) is 5.13. The third-order valence-corrected chi connectivity index (χ3v) is 9.25. The smallest absolute Gasteiger partial charge is 0.253 e. The van der Waals surface area contributed by atoms with Crippen molar-refractivity contribution in [2.24, 2.45) is 0 Å². The lowest BCUT2D eigenvalue weighted by Crippen LogP contribution is -2.49. The summed E-state index contributed by atoms with van der Waals surface area (Å²) in [5, 5.41) is 3.51. The molecule has 1 amide bonds. The second-order valence-corrected chi connectivity index (χ2v) is 13.0. The Labute approximate surface area is 232 Å². The van der Waals surface area contributed by atoms with Crippen LogP contribution in [-0.2, 0) is 16.4 Å². The summed E-state index contributed by atoms with van der Waals surface area (Å²) in [5.74, 6) is -0.0250. The quantitative estimate of drug-likeness (QED) is 0.448. The number of nitrogens with one attached hydrogen (secondary N) is 2. The van der Waals surface area contributed by atoms with Crippen LogP contribution in [0.25, 0.3) is 0 Å². The van der Waals surface area contributed by atoms with Crippen LogP contribution in [0.5, 0.6) is 0 Å². The average molecular weight is 547 g/mol. The molecule has 0 aliphatic carbocycles. The van der Waals surface area contributed by atoms with Gasteiger partial charge in [0.1, 0.15) is 0 Å². The summed E-state index contributed by atoms with van der Waals surface area (Å²) in [6.45, 7) is 11.0. The molecular weight excluding hydrogens is 508 g/mol. The molecule has 1 saturated heterocycles. The highest BCUT2D eigenvalue weighted by atomic mass is 32.2. The molecule has 2 N–H and O–H groups in total. The second-order valence-electron chi connectivity index (χ2n) is 11.3. The second kappa shape index (κ2) is 10.7. The van der Waals surface area contributed by atoms with Crippen molar-refractivity contribution >= 4 is 27.3 Å². The number of hydrogen-bond acceptors (Lipinski definition) is 5. The number of sulfonamides is 1. The number of amides is 1. The first-order chi connectivity index (χ1) is 18.5. The minimum absolute atomic E-state index is 0.0250. The van der Waals surface area contributed by atoms with E-state index < -0.39 is 16.1 Å². The van der Waals surface area contributed by atoms with Gasteiger partial charge in [0.25, 0.3) is 5.91 Å². The van der Waals surface area contributed by atoms with Crippen molar-refractivity contribution < 1.29 is 13.2 Å². The summed E-state index contributed by atoms with van der Waals surface area (Å²) in [6, 6.07) is 20.6. The van der Waals surface area contributed by atoms with E-state index in [-0.39, 0.29) is 16.3 Å². The van der Waals surface area contributed by atoms with Crippen LogP contribution in [0.4, 0.5) is 11.4 Å². The Morgan fingerprint density at radius 1 is 0.974 bits per heavy atom. The van der Waals surface area contributed by atoms with Crippen LogP contribution >= 0.6 is 0 Å². The van der Waals surface area contributed by atoms with Crippen molar-refractivity contribution in [3.05, 3.63) is 89.0 Å². The molecule has 2 aliphatic heterocycles. The zero-order chi connectivity index (χ0) is 27.8. The van der Waals surface area contributed by atoms with E-state index in [9.17, 15) is 13.2 Å². The molecule has 0 aromatic heterocycles. The van der Waals surface area contributed by atoms with Crippen LogP contribution in [-0.4, -0.2) is 50.9 Å². The van der Waals surface area contributed by atoms with Crippen LogP contribution in [0, 0.1) is 6.92 Å². The average Bonchev–Trinajstić information content (AvgIpc) is 2.92. The fourth-order valence-corrected chi connectivity index (χ4v) is 6.72. The molecular formula is C31H38N4O3S. The largest absolute Gasteiger partial charge is 0.380 e. The summed E-state index contributed by atoms with van der Waals surface area (Å²) < 4.78 is 29.6. The molecule has 0 radical (unpaired) electrons. The summed E-state index contributed by atoms with van der Waals surface area (Å²) in [4.78, 5) is 18.0. The monoisotopic (exact) mass is 546 g/mol. The fourth-order valence-electron chi connectivity index (χ4n) is 5.50. The van der Waals surface area contributed by atoms with Gasteiger partial charge < -0.3 is 15.1 Å². The molecule has 0 spiro atoms. The molecule has 0 bridgehead atoms. The molecule has 2 heterocycles. The highest BCUT2D eigenvalue weighted by Gasteiger charge is 2.35. The molecule has 1 atom stereocenters. The predicted molar refractivity (Wildman–Crippen MR) is 157 cm³/mol. The van der Waals surface area contributed by atoms with Gasteiger partial charge >= 0.3 is 0 Å². The Hall–Kier alpha value is -3.36. The van der Waals surface area contributed by atoms with Crippen molar-refractivity contribution in [2.75, 3.05) is 36.4 Å². The van der Waals surface area contributed by atoms with E-state index in [0.717, 1.165) is 36.3 Å². The van der Waals surface area contributed by atoms with Crippen molar-refractivity contribution in [3.63, 3.8) is 0 Å². The Morgan fingerprint density at radius 2 is 1.64 bits per heavy atom. The molecule has 3 aromatic rings. The van der Waals surface area contributed by atoms with E-state index in [1.54, 1.807) is 12.1 Å². The number of hydrogen-bond donors (Lipinski definition) is 2. The van der Waals surface area contributed by atoms with Crippen molar-refractivity contribution in [3.8, 4) is 0 Å². The van der Waals surface area contributed by atoms with E-state index in [2.05, 4.69) is 60.0 Å². The molecule has 0 saturated carbocycles. The number of benzene rings is 3. The standard InChI is InChI=1S/C31H38N4O3S/c1-5-23-8-13-26(14-9-23)39(37,38)33-29-21-31(3,4)32-28-15-10-24(20-27(28)29)30(36)35-18-16-34(17-19-35)25-11-6-22(2)7-12-25/h6-15,20,29,32-33H,5,16-19,21H2,1-4H3/t29-/m0/s1. The minimum Gasteiger partial charge on any atom is -0.380 e. The zero-order valence-electron chi connectivity index (χ0n) is 23.2. The first-order valence-electron chi connectivity index (χ1n) is 13.7. The minimum atomic E-state index is -3.75. The van der Waals surface area contributed by atoms with Gasteiger partial charge in [-0.25, -0.2) is 13.1 Å². The van der Waals surface area contributed by atoms with E-state index >= 15 is 0 Å². The lowest BCUT2D eigenvalue weighted by molar-refractivity contribution is 0.0746. The molecule has 0 unspecified atom stereocenters. The molecule has 206 valence electrons. The van der Waals surface area contributed by atoms with Gasteiger partial charge in [-0.1, -0.05) is 36.8 Å². The maximum atomic E-state index is 13.5. The Bertz CT molecular complexity index is 1440. The highest BCUT2D eigenvalue weighted by molar-refractivity contribution is 7.89. The number of carbonyl (C=O) groups excluding carboxylic acids is 1. The fraction of sp³-hybridized carbons (Fsp3) is 0.387. The Morgan fingerprint density at radius 3 is 2.28 bits per heavy atom. The van der Waals surface area contributed by atoms with Gasteiger partial charge in [0.15, 0.2) is 0 Å². The number of aryl methyl sites for hydroxylation is 2. The van der Waals surface area contributed by atoms with E-state index in [1.165, 1.54) is 11.3 Å². The third-order valence-electron chi connectivity index (χ3n) is 7.77. The van der Waals surface area contributed by atoms with Crippen molar-refractivity contribution in [1.82, 2.24) is 9.62 Å². The van der Waals surface area contributed by atoms with Crippen molar-refractivity contribution in [2.45, 2.75) is 57.0 Å². The van der Waals surface area contributed by atoms with Crippen LogP contribution in [0.1, 0.15) is 60.3 Å². The molecule has 8 heteroatoms. The number of carbonyl (C=O) groups is 1. The lowest BCUT2D eigenvalue weighted by atomic mass is 9.85. The van der Waals surface area contributed by atoms with Crippen molar-refractivity contribution in [1.29, 1.82) is 0 Å². The molecule has 1 fully saturated rings. The van der Waals surface area contributed by atoms with Crippen LogP contribution in [0.2, 0.25) is 0 Å². The zero-order valence-corrected chi connectivity index (χ0v) is 24.0. The first-order valence-corrected chi connectivity index (χ1v) is 15.2. The third kappa shape index (κ3) is 5.97. The van der Waals surface area contributed by atoms with Gasteiger partial charge in [0, 0.05) is 48.7 Å². The van der Waals surface area contributed by atoms with Crippen LogP contribution in [0.3, 0.4) is 0 Å². The normalized spacial score (nSPS) is 18.8. The van der Waals surface area contributed by atoms with Gasteiger partial charge in [0.2, 0.25) is 10.0 Å². The number of rotatable bonds is 6. The molecule has 5 rings (SSSR count). The maximum Gasteiger partial charge on any atom is 0.253 e. The van der Waals surface area contributed by atoms with Gasteiger partial charge in [-0.2, -0.15) is 0 Å².